The molecule has 0 spiro atoms. The van der Waals surface area contributed by atoms with Crippen LogP contribution in [0.15, 0.2) is 0 Å². The van der Waals surface area contributed by atoms with Crippen molar-refractivity contribution in [1.82, 2.24) is 0 Å². The summed E-state index contributed by atoms with van der Waals surface area (Å²) in [5.41, 5.74) is 0. The first kappa shape index (κ1) is 7.32. The molecule has 3 saturated heterocycles. The first-order valence-corrected chi connectivity index (χ1v) is 4.26. The molecule has 0 saturated carbocycles. The fourth-order valence-electron chi connectivity index (χ4n) is 2.47. The lowest BCUT2D eigenvalue weighted by molar-refractivity contribution is -0.151. The van der Waals surface area contributed by atoms with Gasteiger partial charge < -0.3 is 14.2 Å². The normalized spacial score (nSPS) is 50.8. The first-order chi connectivity index (χ1) is 6.31. The van der Waals surface area contributed by atoms with Crippen LogP contribution < -0.4 is 0 Å². The predicted molar refractivity (Wildman–Crippen MR) is 37.6 cm³/mol. The highest BCUT2D eigenvalue weighted by Gasteiger charge is 2.64. The van der Waals surface area contributed by atoms with E-state index in [1.54, 1.807) is 0 Å². The van der Waals surface area contributed by atoms with E-state index in [0.29, 0.717) is 12.9 Å². The van der Waals surface area contributed by atoms with Gasteiger partial charge in [-0.15, -0.1) is 0 Å². The van der Waals surface area contributed by atoms with Crippen molar-refractivity contribution in [2.75, 3.05) is 0 Å². The molecule has 0 N–H and O–H groups in total. The second kappa shape index (κ2) is 2.23. The smallest absolute Gasteiger partial charge is 0.312 e. The topological polar surface area (TPSA) is 61.8 Å². The summed E-state index contributed by atoms with van der Waals surface area (Å²) in [6, 6.07) is 0. The zero-order chi connectivity index (χ0) is 9.00. The van der Waals surface area contributed by atoms with Gasteiger partial charge in [-0.25, -0.2) is 0 Å². The average Bonchev–Trinajstić information content (AvgIpc) is 2.69. The van der Waals surface area contributed by atoms with Gasteiger partial charge in [0, 0.05) is 0 Å². The van der Waals surface area contributed by atoms with E-state index < -0.39 is 0 Å². The summed E-state index contributed by atoms with van der Waals surface area (Å²) >= 11 is 0. The molecule has 3 rings (SSSR count). The second-order valence-corrected chi connectivity index (χ2v) is 3.58. The maximum atomic E-state index is 11.2. The van der Waals surface area contributed by atoms with Crippen molar-refractivity contribution in [3.8, 4) is 0 Å². The Morgan fingerprint density at radius 3 is 3.08 bits per heavy atom. The SMILES string of the molecule is O=COC1C2CC3C(=O)OC1C3O2. The third kappa shape index (κ3) is 0.751. The van der Waals surface area contributed by atoms with E-state index in [4.69, 9.17) is 14.2 Å². The predicted octanol–water partition coefficient (Wildman–Crippen LogP) is -0.759. The lowest BCUT2D eigenvalue weighted by Crippen LogP contribution is -2.38. The van der Waals surface area contributed by atoms with Crippen LogP contribution in [0.3, 0.4) is 0 Å². The number of hydrogen-bond donors (Lipinski definition) is 0. The van der Waals surface area contributed by atoms with Crippen LogP contribution in [0, 0.1) is 5.92 Å². The Hall–Kier alpha value is -1.10. The van der Waals surface area contributed by atoms with Gasteiger partial charge in [0.2, 0.25) is 0 Å². The Morgan fingerprint density at radius 2 is 2.31 bits per heavy atom. The molecule has 3 heterocycles. The molecule has 70 valence electrons. The van der Waals surface area contributed by atoms with Gasteiger partial charge in [0.15, 0.2) is 12.2 Å². The van der Waals surface area contributed by atoms with Gasteiger partial charge in [-0.1, -0.05) is 0 Å². The number of fused-ring (bicyclic) bond motifs is 1. The van der Waals surface area contributed by atoms with Crippen molar-refractivity contribution in [3.63, 3.8) is 0 Å². The van der Waals surface area contributed by atoms with Gasteiger partial charge in [-0.05, 0) is 6.42 Å². The van der Waals surface area contributed by atoms with Crippen LogP contribution in [0.4, 0.5) is 0 Å². The third-order valence-electron chi connectivity index (χ3n) is 3.00. The minimum Gasteiger partial charge on any atom is -0.458 e. The maximum absolute atomic E-state index is 11.2. The monoisotopic (exact) mass is 184 g/mol. The van der Waals surface area contributed by atoms with Gasteiger partial charge >= 0.3 is 5.97 Å². The Kier molecular flexibility index (Phi) is 1.25. The Balaban J connectivity index is 1.90. The number of rotatable bonds is 2. The minimum absolute atomic E-state index is 0.124. The molecule has 5 atom stereocenters. The van der Waals surface area contributed by atoms with Crippen molar-refractivity contribution in [2.45, 2.75) is 30.8 Å². The molecule has 0 amide bonds. The molecular weight excluding hydrogens is 176 g/mol. The van der Waals surface area contributed by atoms with Crippen LogP contribution >= 0.6 is 0 Å². The molecule has 0 radical (unpaired) electrons. The van der Waals surface area contributed by atoms with Crippen LogP contribution in [-0.2, 0) is 23.8 Å². The summed E-state index contributed by atoms with van der Waals surface area (Å²) < 4.78 is 15.4. The molecule has 2 bridgehead atoms. The fraction of sp³-hybridized carbons (Fsp3) is 0.750. The molecule has 5 nitrogen and oxygen atoms in total. The fourth-order valence-corrected chi connectivity index (χ4v) is 2.47. The summed E-state index contributed by atoms with van der Waals surface area (Å²) in [5, 5.41) is 0. The summed E-state index contributed by atoms with van der Waals surface area (Å²) in [5.74, 6) is -0.337. The van der Waals surface area contributed by atoms with Gasteiger partial charge in [0.25, 0.3) is 6.47 Å². The van der Waals surface area contributed by atoms with Gasteiger partial charge in [0.05, 0.1) is 12.0 Å². The first-order valence-electron chi connectivity index (χ1n) is 4.26. The summed E-state index contributed by atoms with van der Waals surface area (Å²) in [6.07, 6.45) is -0.441. The number of carbonyl (C=O) groups is 2. The lowest BCUT2D eigenvalue weighted by Gasteiger charge is -2.19. The largest absolute Gasteiger partial charge is 0.458 e. The molecule has 3 aliphatic rings. The number of carbonyl (C=O) groups excluding carboxylic acids is 2. The Morgan fingerprint density at radius 1 is 1.46 bits per heavy atom. The number of esters is 1. The second-order valence-electron chi connectivity index (χ2n) is 3.58. The molecule has 0 aromatic rings. The summed E-state index contributed by atoms with van der Waals surface area (Å²) in [7, 11) is 0. The van der Waals surface area contributed by atoms with Crippen LogP contribution in [-0.4, -0.2) is 36.9 Å². The van der Waals surface area contributed by atoms with Crippen LogP contribution in [0.1, 0.15) is 6.42 Å². The maximum Gasteiger partial charge on any atom is 0.312 e. The summed E-state index contributed by atoms with van der Waals surface area (Å²) in [4.78, 5) is 21.4. The van der Waals surface area contributed by atoms with E-state index in [0.717, 1.165) is 0 Å². The molecule has 3 fully saturated rings. The molecule has 5 unspecified atom stereocenters. The van der Waals surface area contributed by atoms with Gasteiger partial charge in [-0.3, -0.25) is 9.59 Å². The van der Waals surface area contributed by atoms with Crippen LogP contribution in [0.5, 0.6) is 0 Å². The van der Waals surface area contributed by atoms with E-state index in [9.17, 15) is 9.59 Å². The third-order valence-corrected chi connectivity index (χ3v) is 3.00. The zero-order valence-electron chi connectivity index (χ0n) is 6.71. The van der Waals surface area contributed by atoms with Crippen LogP contribution in [0.2, 0.25) is 0 Å². The Bertz CT molecular complexity index is 276. The molecule has 0 aromatic carbocycles. The van der Waals surface area contributed by atoms with Crippen molar-refractivity contribution in [1.29, 1.82) is 0 Å². The van der Waals surface area contributed by atoms with Crippen molar-refractivity contribution in [2.24, 2.45) is 5.92 Å². The van der Waals surface area contributed by atoms with Crippen LogP contribution in [0.25, 0.3) is 0 Å². The van der Waals surface area contributed by atoms with E-state index >= 15 is 0 Å². The minimum atomic E-state index is -0.384. The highest BCUT2D eigenvalue weighted by atomic mass is 16.7. The highest BCUT2D eigenvalue weighted by Crippen LogP contribution is 2.47. The lowest BCUT2D eigenvalue weighted by atomic mass is 9.88. The standard InChI is InChI=1S/C8H8O5/c9-2-11-6-4-1-3-5(12-4)7(6)13-8(3)10/h2-7H,1H2. The number of hydrogen-bond acceptors (Lipinski definition) is 5. The van der Waals surface area contributed by atoms with Gasteiger partial charge in [0.1, 0.15) is 6.10 Å². The van der Waals surface area contributed by atoms with E-state index in [1.165, 1.54) is 0 Å². The van der Waals surface area contributed by atoms with Gasteiger partial charge in [-0.2, -0.15) is 0 Å². The van der Waals surface area contributed by atoms with E-state index in [1.807, 2.05) is 0 Å². The van der Waals surface area contributed by atoms with Crippen molar-refractivity contribution < 1.29 is 23.8 Å². The molecule has 5 heteroatoms. The van der Waals surface area contributed by atoms with E-state index in [-0.39, 0.29) is 36.3 Å². The number of ether oxygens (including phenoxy) is 3. The average molecular weight is 184 g/mol. The zero-order valence-corrected chi connectivity index (χ0v) is 6.71. The summed E-state index contributed by atoms with van der Waals surface area (Å²) in [6.45, 7) is 0.385. The van der Waals surface area contributed by atoms with E-state index in [2.05, 4.69) is 0 Å². The highest BCUT2D eigenvalue weighted by molar-refractivity contribution is 5.77. The quantitative estimate of drug-likeness (QED) is 0.417. The van der Waals surface area contributed by atoms with Crippen molar-refractivity contribution in [3.05, 3.63) is 0 Å². The molecular formula is C8H8O5. The molecule has 0 aromatic heterocycles. The Labute approximate surface area is 73.9 Å². The molecule has 13 heavy (non-hydrogen) atoms. The van der Waals surface area contributed by atoms with Crippen molar-refractivity contribution >= 4 is 12.4 Å². The molecule has 3 aliphatic heterocycles. The molecule has 0 aliphatic carbocycles.